The van der Waals surface area contributed by atoms with Gasteiger partial charge in [-0.2, -0.15) is 13.2 Å². The van der Waals surface area contributed by atoms with Crippen molar-refractivity contribution in [2.75, 3.05) is 11.4 Å². The highest BCUT2D eigenvalue weighted by Gasteiger charge is 2.34. The number of carbonyl (C=O) groups excluding carboxylic acids is 1. The van der Waals surface area contributed by atoms with E-state index in [1.165, 1.54) is 35.2 Å². The molecule has 1 aromatic heterocycles. The summed E-state index contributed by atoms with van der Waals surface area (Å²) in [5.41, 5.74) is -0.969. The Morgan fingerprint density at radius 2 is 1.86 bits per heavy atom. The average molecular weight is 387 g/mol. The van der Waals surface area contributed by atoms with Crippen LogP contribution in [0.2, 0.25) is 0 Å². The number of carbonyl (C=O) groups is 1. The van der Waals surface area contributed by atoms with Gasteiger partial charge in [0.15, 0.2) is 0 Å². The van der Waals surface area contributed by atoms with Gasteiger partial charge in [-0.1, -0.05) is 24.3 Å². The highest BCUT2D eigenvalue weighted by Crippen LogP contribution is 2.36. The van der Waals surface area contributed by atoms with Gasteiger partial charge >= 0.3 is 12.3 Å². The molecule has 4 rings (SSSR count). The summed E-state index contributed by atoms with van der Waals surface area (Å²) in [5.74, 6) is 0. The number of benzene rings is 2. The van der Waals surface area contributed by atoms with E-state index in [1.54, 1.807) is 12.1 Å². The number of pyridine rings is 1. The van der Waals surface area contributed by atoms with Crippen LogP contribution in [0.5, 0.6) is 0 Å². The Bertz CT molecular complexity index is 1140. The Hall–Kier alpha value is -3.29. The Morgan fingerprint density at radius 1 is 1.11 bits per heavy atom. The molecular weight excluding hydrogens is 373 g/mol. The third-order valence-electron chi connectivity index (χ3n) is 4.54. The zero-order chi connectivity index (χ0) is 20.1. The second-order valence-electron chi connectivity index (χ2n) is 6.44. The lowest BCUT2D eigenvalue weighted by Crippen LogP contribution is -2.24. The van der Waals surface area contributed by atoms with Crippen LogP contribution in [0.1, 0.15) is 5.56 Å². The van der Waals surface area contributed by atoms with Crippen LogP contribution in [0.4, 0.5) is 23.7 Å². The minimum absolute atomic E-state index is 0.0663. The van der Waals surface area contributed by atoms with Crippen molar-refractivity contribution in [3.05, 3.63) is 71.4 Å². The van der Waals surface area contributed by atoms with Crippen molar-refractivity contribution in [2.24, 2.45) is 0 Å². The molecule has 5 nitrogen and oxygen atoms in total. The number of rotatable bonds is 2. The number of nitrogens with zero attached hydrogens (tertiary/aromatic N) is 1. The van der Waals surface area contributed by atoms with Gasteiger partial charge in [0.2, 0.25) is 0 Å². The number of halogens is 3. The smallest absolute Gasteiger partial charge is 0.417 e. The van der Waals surface area contributed by atoms with Crippen LogP contribution < -0.4 is 10.5 Å². The number of nitrogens with one attached hydrogen (secondary N) is 1. The number of amides is 1. The maximum absolute atomic E-state index is 13.3. The van der Waals surface area contributed by atoms with Crippen molar-refractivity contribution in [3.63, 3.8) is 0 Å². The van der Waals surface area contributed by atoms with Gasteiger partial charge in [0.1, 0.15) is 6.10 Å². The standard InChI is InChI=1S/C20H14F3N2O3/c1-11-10-25(19(27)28-11)13-7-6-12-8-17(24-18(26)15(12)9-13)14-4-2-3-5-16(14)20(21,22)23/h2-9,11H,1,10H2,(H,24,26). The van der Waals surface area contributed by atoms with E-state index in [2.05, 4.69) is 11.9 Å². The zero-order valence-electron chi connectivity index (χ0n) is 14.4. The third-order valence-corrected chi connectivity index (χ3v) is 4.54. The van der Waals surface area contributed by atoms with Crippen LogP contribution in [0, 0.1) is 6.92 Å². The van der Waals surface area contributed by atoms with E-state index in [-0.39, 0.29) is 23.2 Å². The summed E-state index contributed by atoms with van der Waals surface area (Å²) >= 11 is 0. The highest BCUT2D eigenvalue weighted by molar-refractivity contribution is 5.94. The van der Waals surface area contributed by atoms with Gasteiger partial charge in [0, 0.05) is 22.3 Å². The molecule has 1 amide bonds. The topological polar surface area (TPSA) is 62.4 Å². The molecule has 143 valence electrons. The van der Waals surface area contributed by atoms with E-state index in [1.807, 2.05) is 0 Å². The van der Waals surface area contributed by atoms with Crippen molar-refractivity contribution in [3.8, 4) is 11.3 Å². The quantitative estimate of drug-likeness (QED) is 0.710. The van der Waals surface area contributed by atoms with E-state index in [0.717, 1.165) is 6.07 Å². The first-order chi connectivity index (χ1) is 13.2. The molecule has 8 heteroatoms. The minimum Gasteiger partial charge on any atom is -0.444 e. The molecule has 0 bridgehead atoms. The van der Waals surface area contributed by atoms with Crippen molar-refractivity contribution in [1.29, 1.82) is 0 Å². The van der Waals surface area contributed by atoms with Crippen LogP contribution in [-0.2, 0) is 10.9 Å². The molecule has 1 aliphatic rings. The molecule has 1 fully saturated rings. The molecule has 1 aliphatic heterocycles. The summed E-state index contributed by atoms with van der Waals surface area (Å²) in [5, 5.41) is 0.712. The Balaban J connectivity index is 1.82. The van der Waals surface area contributed by atoms with E-state index in [0.29, 0.717) is 11.1 Å². The second kappa shape index (κ2) is 6.40. The molecule has 0 spiro atoms. The normalized spacial score (nSPS) is 17.2. The molecule has 1 unspecified atom stereocenters. The summed E-state index contributed by atoms with van der Waals surface area (Å²) in [6.45, 7) is 3.92. The first kappa shape index (κ1) is 18.1. The number of alkyl halides is 3. The number of cyclic esters (lactones) is 1. The molecule has 1 atom stereocenters. The van der Waals surface area contributed by atoms with E-state index in [4.69, 9.17) is 4.74 Å². The summed E-state index contributed by atoms with van der Waals surface area (Å²) in [6, 6.07) is 11.2. The van der Waals surface area contributed by atoms with Gasteiger partial charge in [-0.05, 0) is 36.6 Å². The predicted molar refractivity (Wildman–Crippen MR) is 98.0 cm³/mol. The first-order valence-electron chi connectivity index (χ1n) is 8.39. The van der Waals surface area contributed by atoms with Crippen molar-refractivity contribution in [2.45, 2.75) is 12.3 Å². The molecule has 3 aromatic rings. The maximum atomic E-state index is 13.3. The summed E-state index contributed by atoms with van der Waals surface area (Å²) in [4.78, 5) is 28.3. The molecular formula is C20H14F3N2O3. The molecule has 0 saturated carbocycles. The van der Waals surface area contributed by atoms with Gasteiger partial charge < -0.3 is 9.72 Å². The fourth-order valence-electron chi connectivity index (χ4n) is 3.26. The zero-order valence-corrected chi connectivity index (χ0v) is 14.4. The number of hydrogen-bond donors (Lipinski definition) is 1. The lowest BCUT2D eigenvalue weighted by atomic mass is 10.0. The number of fused-ring (bicyclic) bond motifs is 1. The Kier molecular flexibility index (Phi) is 4.14. The van der Waals surface area contributed by atoms with Gasteiger partial charge in [-0.3, -0.25) is 9.69 Å². The van der Waals surface area contributed by atoms with E-state index in [9.17, 15) is 22.8 Å². The van der Waals surface area contributed by atoms with Crippen LogP contribution in [0.25, 0.3) is 22.0 Å². The summed E-state index contributed by atoms with van der Waals surface area (Å²) in [6.07, 6.45) is -5.62. The summed E-state index contributed by atoms with van der Waals surface area (Å²) in [7, 11) is 0. The number of aromatic amines is 1. The van der Waals surface area contributed by atoms with Gasteiger partial charge in [0.25, 0.3) is 5.56 Å². The predicted octanol–water partition coefficient (Wildman–Crippen LogP) is 4.37. The number of H-pyrrole nitrogens is 1. The van der Waals surface area contributed by atoms with Gasteiger partial charge in [-0.25, -0.2) is 4.79 Å². The van der Waals surface area contributed by atoms with Crippen LogP contribution in [0.15, 0.2) is 53.3 Å². The molecule has 28 heavy (non-hydrogen) atoms. The van der Waals surface area contributed by atoms with E-state index < -0.39 is 29.5 Å². The second-order valence-corrected chi connectivity index (χ2v) is 6.44. The number of hydrogen-bond acceptors (Lipinski definition) is 3. The SMILES string of the molecule is [CH2]C1CN(c2ccc3cc(-c4ccccc4C(F)(F)F)[nH]c(=O)c3c2)C(=O)O1. The molecule has 2 heterocycles. The fraction of sp³-hybridized carbons (Fsp3) is 0.150. The van der Waals surface area contributed by atoms with Crippen LogP contribution in [-0.4, -0.2) is 23.7 Å². The largest absolute Gasteiger partial charge is 0.444 e. The third kappa shape index (κ3) is 3.11. The molecule has 2 aromatic carbocycles. The highest BCUT2D eigenvalue weighted by atomic mass is 19.4. The van der Waals surface area contributed by atoms with Crippen LogP contribution in [0.3, 0.4) is 0 Å². The van der Waals surface area contributed by atoms with Gasteiger partial charge in [0.05, 0.1) is 12.1 Å². The molecule has 1 radical (unpaired) electrons. The Labute approximate surface area is 157 Å². The first-order valence-corrected chi connectivity index (χ1v) is 8.39. The van der Waals surface area contributed by atoms with Crippen molar-refractivity contribution >= 4 is 22.6 Å². The average Bonchev–Trinajstić information content (AvgIpc) is 2.99. The van der Waals surface area contributed by atoms with Crippen LogP contribution >= 0.6 is 0 Å². The minimum atomic E-state index is -4.55. The lowest BCUT2D eigenvalue weighted by Gasteiger charge is -2.15. The molecule has 1 N–H and O–H groups in total. The fourth-order valence-corrected chi connectivity index (χ4v) is 3.26. The lowest BCUT2D eigenvalue weighted by molar-refractivity contribution is -0.137. The monoisotopic (exact) mass is 387 g/mol. The van der Waals surface area contributed by atoms with Crippen molar-refractivity contribution in [1.82, 2.24) is 4.98 Å². The molecule has 1 saturated heterocycles. The van der Waals surface area contributed by atoms with Crippen molar-refractivity contribution < 1.29 is 22.7 Å². The number of ether oxygens (including phenoxy) is 1. The number of aromatic nitrogens is 1. The molecule has 0 aliphatic carbocycles. The maximum Gasteiger partial charge on any atom is 0.417 e. The van der Waals surface area contributed by atoms with Gasteiger partial charge in [-0.15, -0.1) is 0 Å². The van der Waals surface area contributed by atoms with E-state index >= 15 is 0 Å². The Morgan fingerprint density at radius 3 is 2.54 bits per heavy atom. The number of anilines is 1. The summed E-state index contributed by atoms with van der Waals surface area (Å²) < 4.78 is 44.9.